The summed E-state index contributed by atoms with van der Waals surface area (Å²) < 4.78 is 33.2. The highest BCUT2D eigenvalue weighted by Gasteiger charge is 2.27. The summed E-state index contributed by atoms with van der Waals surface area (Å²) in [6.07, 6.45) is 1.55. The van der Waals surface area contributed by atoms with Gasteiger partial charge >= 0.3 is 0 Å². The molecule has 0 bridgehead atoms. The van der Waals surface area contributed by atoms with E-state index in [2.05, 4.69) is 5.32 Å². The maximum atomic E-state index is 11.9. The number of nitrogens with one attached hydrogen (secondary N) is 1. The van der Waals surface area contributed by atoms with Crippen LogP contribution in [0.2, 0.25) is 0 Å². The normalized spacial score (nSPS) is 19.3. The van der Waals surface area contributed by atoms with Crippen molar-refractivity contribution in [1.82, 2.24) is 5.32 Å². The molecule has 0 unspecified atom stereocenters. The Kier molecular flexibility index (Phi) is 5.87. The lowest BCUT2D eigenvalue weighted by Gasteiger charge is -2.11. The number of hydrogen-bond donors (Lipinski definition) is 1. The van der Waals surface area contributed by atoms with Crippen molar-refractivity contribution in [3.05, 3.63) is 23.8 Å². The Labute approximate surface area is 137 Å². The molecule has 2 rings (SSSR count). The number of carbonyl (C=O) groups is 1. The predicted molar refractivity (Wildman–Crippen MR) is 87.6 cm³/mol. The molecular formula is C16H23NO5S. The van der Waals surface area contributed by atoms with Crippen LogP contribution >= 0.6 is 0 Å². The monoisotopic (exact) mass is 341 g/mol. The van der Waals surface area contributed by atoms with Gasteiger partial charge in [-0.05, 0) is 36.5 Å². The summed E-state index contributed by atoms with van der Waals surface area (Å²) in [6.45, 7) is 0.430. The highest BCUT2D eigenvalue weighted by molar-refractivity contribution is 7.91. The number of hydrogen-bond acceptors (Lipinski definition) is 5. The first-order valence-corrected chi connectivity index (χ1v) is 9.43. The quantitative estimate of drug-likeness (QED) is 0.805. The van der Waals surface area contributed by atoms with Crippen molar-refractivity contribution < 1.29 is 22.7 Å². The number of aryl methyl sites for hydroxylation is 1. The van der Waals surface area contributed by atoms with Crippen LogP contribution in [0.15, 0.2) is 18.2 Å². The third-order valence-corrected chi connectivity index (χ3v) is 5.80. The van der Waals surface area contributed by atoms with Gasteiger partial charge in [0.1, 0.15) is 11.5 Å². The zero-order chi connectivity index (χ0) is 16.9. The van der Waals surface area contributed by atoms with Crippen LogP contribution in [0.25, 0.3) is 0 Å². The first-order chi connectivity index (χ1) is 10.9. The fraction of sp³-hybridized carbons (Fsp3) is 0.562. The minimum absolute atomic E-state index is 0.0425. The Morgan fingerprint density at radius 3 is 2.39 bits per heavy atom. The molecule has 1 fully saturated rings. The van der Waals surface area contributed by atoms with Gasteiger partial charge in [0.05, 0.1) is 25.7 Å². The molecule has 1 aromatic rings. The predicted octanol–water partition coefficient (Wildman–Crippen LogP) is 1.19. The maximum absolute atomic E-state index is 11.9. The Balaban J connectivity index is 1.80. The largest absolute Gasteiger partial charge is 0.497 e. The van der Waals surface area contributed by atoms with Crippen LogP contribution in [0, 0.1) is 5.92 Å². The summed E-state index contributed by atoms with van der Waals surface area (Å²) in [5.41, 5.74) is 0.958. The van der Waals surface area contributed by atoms with Crippen LogP contribution in [0.1, 0.15) is 18.4 Å². The summed E-state index contributed by atoms with van der Waals surface area (Å²) in [7, 11) is 0.275. The van der Waals surface area contributed by atoms with Gasteiger partial charge in [-0.15, -0.1) is 0 Å². The third-order valence-electron chi connectivity index (χ3n) is 3.97. The molecule has 1 N–H and O–H groups in total. The fourth-order valence-corrected chi connectivity index (χ4v) is 4.51. The molecule has 1 amide bonds. The number of amides is 1. The average molecular weight is 341 g/mol. The van der Waals surface area contributed by atoms with Gasteiger partial charge < -0.3 is 14.8 Å². The second-order valence-electron chi connectivity index (χ2n) is 5.79. The van der Waals surface area contributed by atoms with Crippen molar-refractivity contribution in [2.24, 2.45) is 5.92 Å². The smallest absolute Gasteiger partial charge is 0.220 e. The number of sulfone groups is 1. The number of benzene rings is 1. The van der Waals surface area contributed by atoms with E-state index in [0.29, 0.717) is 37.3 Å². The minimum Gasteiger partial charge on any atom is -0.497 e. The second kappa shape index (κ2) is 7.68. The lowest BCUT2D eigenvalue weighted by atomic mass is 10.1. The standard InChI is InChI=1S/C16H23NO5S/c1-21-14-7-12(8-15(9-14)22-2)3-4-16(18)17-10-13-5-6-23(19,20)11-13/h7-9,13H,3-6,10-11H2,1-2H3,(H,17,18)/t13-/m0/s1. The molecule has 23 heavy (non-hydrogen) atoms. The summed E-state index contributed by atoms with van der Waals surface area (Å²) >= 11 is 0. The molecule has 0 spiro atoms. The first-order valence-electron chi connectivity index (χ1n) is 7.61. The molecule has 0 aliphatic carbocycles. The zero-order valence-electron chi connectivity index (χ0n) is 13.5. The molecule has 1 saturated heterocycles. The number of rotatable bonds is 7. The van der Waals surface area contributed by atoms with Crippen LogP contribution in [0.4, 0.5) is 0 Å². The van der Waals surface area contributed by atoms with Crippen molar-refractivity contribution in [3.8, 4) is 11.5 Å². The van der Waals surface area contributed by atoms with Crippen molar-refractivity contribution in [2.45, 2.75) is 19.3 Å². The molecule has 1 aliphatic heterocycles. The lowest BCUT2D eigenvalue weighted by molar-refractivity contribution is -0.121. The number of ether oxygens (including phenoxy) is 2. The Morgan fingerprint density at radius 1 is 1.22 bits per heavy atom. The molecule has 0 radical (unpaired) electrons. The highest BCUT2D eigenvalue weighted by Crippen LogP contribution is 2.23. The molecule has 0 aromatic heterocycles. The van der Waals surface area contributed by atoms with Crippen molar-refractivity contribution >= 4 is 15.7 Å². The van der Waals surface area contributed by atoms with Crippen molar-refractivity contribution in [2.75, 3.05) is 32.3 Å². The summed E-state index contributed by atoms with van der Waals surface area (Å²) in [6, 6.07) is 5.53. The Bertz CT molecular complexity index is 634. The van der Waals surface area contributed by atoms with E-state index in [1.807, 2.05) is 12.1 Å². The van der Waals surface area contributed by atoms with E-state index in [0.717, 1.165) is 5.56 Å². The maximum Gasteiger partial charge on any atom is 0.220 e. The summed E-state index contributed by atoms with van der Waals surface area (Å²) in [5, 5.41) is 2.82. The SMILES string of the molecule is COc1cc(CCC(=O)NC[C@@H]2CCS(=O)(=O)C2)cc(OC)c1. The molecule has 1 atom stereocenters. The molecule has 1 aliphatic rings. The summed E-state index contributed by atoms with van der Waals surface area (Å²) in [5.74, 6) is 1.76. The molecule has 6 nitrogen and oxygen atoms in total. The van der Waals surface area contributed by atoms with Crippen LogP contribution < -0.4 is 14.8 Å². The highest BCUT2D eigenvalue weighted by atomic mass is 32.2. The van der Waals surface area contributed by atoms with Gasteiger partial charge in [0.15, 0.2) is 9.84 Å². The zero-order valence-corrected chi connectivity index (χ0v) is 14.3. The van der Waals surface area contributed by atoms with Gasteiger partial charge in [-0.25, -0.2) is 8.42 Å². The van der Waals surface area contributed by atoms with Crippen LogP contribution in [0.3, 0.4) is 0 Å². The van der Waals surface area contributed by atoms with E-state index in [-0.39, 0.29) is 23.3 Å². The van der Waals surface area contributed by atoms with Crippen molar-refractivity contribution in [1.29, 1.82) is 0 Å². The molecule has 7 heteroatoms. The van der Waals surface area contributed by atoms with Gasteiger partial charge in [-0.1, -0.05) is 0 Å². The summed E-state index contributed by atoms with van der Waals surface area (Å²) in [4.78, 5) is 11.9. The van der Waals surface area contributed by atoms with Crippen LogP contribution in [-0.2, 0) is 21.1 Å². The average Bonchev–Trinajstić information content (AvgIpc) is 2.89. The lowest BCUT2D eigenvalue weighted by Crippen LogP contribution is -2.29. The first kappa shape index (κ1) is 17.6. The molecule has 128 valence electrons. The van der Waals surface area contributed by atoms with E-state index in [4.69, 9.17) is 9.47 Å². The Morgan fingerprint density at radius 2 is 1.87 bits per heavy atom. The Hall–Kier alpha value is -1.76. The van der Waals surface area contributed by atoms with Gasteiger partial charge in [-0.3, -0.25) is 4.79 Å². The van der Waals surface area contributed by atoms with E-state index < -0.39 is 9.84 Å². The van der Waals surface area contributed by atoms with Gasteiger partial charge in [0.2, 0.25) is 5.91 Å². The van der Waals surface area contributed by atoms with Crippen molar-refractivity contribution in [3.63, 3.8) is 0 Å². The second-order valence-corrected chi connectivity index (χ2v) is 8.02. The molecule has 1 heterocycles. The fourth-order valence-electron chi connectivity index (χ4n) is 2.65. The van der Waals surface area contributed by atoms with E-state index in [1.54, 1.807) is 20.3 Å². The van der Waals surface area contributed by atoms with E-state index in [1.165, 1.54) is 0 Å². The van der Waals surface area contributed by atoms with Gasteiger partial charge in [0.25, 0.3) is 0 Å². The topological polar surface area (TPSA) is 81.7 Å². The van der Waals surface area contributed by atoms with Crippen LogP contribution in [-0.4, -0.2) is 46.6 Å². The van der Waals surface area contributed by atoms with E-state index in [9.17, 15) is 13.2 Å². The number of carbonyl (C=O) groups excluding carboxylic acids is 1. The minimum atomic E-state index is -2.89. The third kappa shape index (κ3) is 5.42. The molecule has 0 saturated carbocycles. The number of methoxy groups -OCH3 is 2. The van der Waals surface area contributed by atoms with Gasteiger partial charge in [0, 0.05) is 19.0 Å². The molecule has 1 aromatic carbocycles. The van der Waals surface area contributed by atoms with Crippen LogP contribution in [0.5, 0.6) is 11.5 Å². The van der Waals surface area contributed by atoms with Gasteiger partial charge in [-0.2, -0.15) is 0 Å². The molecular weight excluding hydrogens is 318 g/mol. The van der Waals surface area contributed by atoms with E-state index >= 15 is 0 Å².